The van der Waals surface area contributed by atoms with Gasteiger partial charge in [0.15, 0.2) is 0 Å². The lowest BCUT2D eigenvalue weighted by atomic mass is 10.0. The molecule has 4 nitrogen and oxygen atoms in total. The monoisotopic (exact) mass is 211 g/mol. The van der Waals surface area contributed by atoms with Gasteiger partial charge in [-0.25, -0.2) is 0 Å². The minimum absolute atomic E-state index is 0.0302. The highest BCUT2D eigenvalue weighted by Gasteiger charge is 2.16. The molecule has 15 heavy (non-hydrogen) atoms. The van der Waals surface area contributed by atoms with Crippen molar-refractivity contribution in [2.45, 2.75) is 45.8 Å². The average Bonchev–Trinajstić information content (AvgIpc) is 2.62. The molecule has 2 N–H and O–H groups in total. The van der Waals surface area contributed by atoms with Crippen molar-refractivity contribution in [1.82, 2.24) is 15.1 Å². The number of rotatable bonds is 6. The Labute approximate surface area is 91.3 Å². The van der Waals surface area contributed by atoms with Gasteiger partial charge < -0.3 is 10.4 Å². The smallest absolute Gasteiger partial charge is 0.0522 e. The van der Waals surface area contributed by atoms with Gasteiger partial charge in [-0.05, 0) is 33.3 Å². The van der Waals surface area contributed by atoms with Crippen molar-refractivity contribution in [1.29, 1.82) is 0 Å². The summed E-state index contributed by atoms with van der Waals surface area (Å²) >= 11 is 0. The summed E-state index contributed by atoms with van der Waals surface area (Å²) < 4.78 is 1.97. The molecule has 0 spiro atoms. The van der Waals surface area contributed by atoms with Gasteiger partial charge in [-0.15, -0.1) is 0 Å². The molecule has 86 valence electrons. The van der Waals surface area contributed by atoms with Gasteiger partial charge in [0.05, 0.1) is 5.69 Å². The van der Waals surface area contributed by atoms with Crippen LogP contribution < -0.4 is 5.32 Å². The summed E-state index contributed by atoms with van der Waals surface area (Å²) in [5.74, 6) is 0. The van der Waals surface area contributed by atoms with Gasteiger partial charge in [0.1, 0.15) is 0 Å². The fourth-order valence-electron chi connectivity index (χ4n) is 1.49. The fraction of sp³-hybridized carbons (Fsp3) is 0.727. The number of aryl methyl sites for hydroxylation is 1. The van der Waals surface area contributed by atoms with Gasteiger partial charge in [-0.2, -0.15) is 5.10 Å². The molecular formula is C11H21N3O. The Kier molecular flexibility index (Phi) is 4.29. The van der Waals surface area contributed by atoms with Crippen LogP contribution in [0.2, 0.25) is 0 Å². The zero-order valence-electron chi connectivity index (χ0n) is 9.82. The van der Waals surface area contributed by atoms with Crippen LogP contribution in [0.3, 0.4) is 0 Å². The first kappa shape index (κ1) is 12.2. The second-order valence-electron chi connectivity index (χ2n) is 4.35. The van der Waals surface area contributed by atoms with Crippen molar-refractivity contribution in [2.75, 3.05) is 6.61 Å². The largest absolute Gasteiger partial charge is 0.396 e. The van der Waals surface area contributed by atoms with Crippen molar-refractivity contribution < 1.29 is 5.11 Å². The van der Waals surface area contributed by atoms with E-state index in [0.717, 1.165) is 19.5 Å². The summed E-state index contributed by atoms with van der Waals surface area (Å²) in [6.45, 7) is 8.17. The quantitative estimate of drug-likeness (QED) is 0.742. The van der Waals surface area contributed by atoms with Crippen LogP contribution in [0.15, 0.2) is 12.3 Å². The van der Waals surface area contributed by atoms with Gasteiger partial charge in [0.2, 0.25) is 0 Å². The average molecular weight is 211 g/mol. The molecule has 0 saturated carbocycles. The number of aliphatic hydroxyl groups excluding tert-OH is 1. The lowest BCUT2D eigenvalue weighted by Gasteiger charge is -2.25. The Morgan fingerprint density at radius 2 is 2.27 bits per heavy atom. The zero-order valence-corrected chi connectivity index (χ0v) is 9.82. The van der Waals surface area contributed by atoms with Gasteiger partial charge >= 0.3 is 0 Å². The van der Waals surface area contributed by atoms with E-state index >= 15 is 0 Å². The summed E-state index contributed by atoms with van der Waals surface area (Å²) in [4.78, 5) is 0. The molecule has 0 fully saturated rings. The van der Waals surface area contributed by atoms with Gasteiger partial charge in [0, 0.05) is 31.4 Å². The van der Waals surface area contributed by atoms with Crippen molar-refractivity contribution >= 4 is 0 Å². The highest BCUT2D eigenvalue weighted by Crippen LogP contribution is 2.09. The fourth-order valence-corrected chi connectivity index (χ4v) is 1.49. The number of hydrogen-bond acceptors (Lipinski definition) is 3. The minimum atomic E-state index is -0.0302. The predicted molar refractivity (Wildman–Crippen MR) is 60.5 cm³/mol. The Balaban J connectivity index is 2.49. The van der Waals surface area contributed by atoms with E-state index in [1.165, 1.54) is 5.69 Å². The van der Waals surface area contributed by atoms with Crippen LogP contribution >= 0.6 is 0 Å². The standard InChI is InChI=1S/C11H21N3O/c1-4-14-10(5-7-13-14)9-12-11(2,3)6-8-15/h5,7,12,15H,4,6,8-9H2,1-3H3. The predicted octanol–water partition coefficient (Wildman–Crippen LogP) is 1.15. The van der Waals surface area contributed by atoms with Crippen LogP contribution in [0.25, 0.3) is 0 Å². The summed E-state index contributed by atoms with van der Waals surface area (Å²) in [7, 11) is 0. The first-order valence-corrected chi connectivity index (χ1v) is 5.45. The maximum atomic E-state index is 8.90. The molecule has 0 aromatic carbocycles. The Morgan fingerprint density at radius 3 is 2.87 bits per heavy atom. The molecule has 0 aliphatic heterocycles. The van der Waals surface area contributed by atoms with Crippen molar-refractivity contribution in [3.05, 3.63) is 18.0 Å². The molecule has 4 heteroatoms. The van der Waals surface area contributed by atoms with E-state index in [2.05, 4.69) is 31.2 Å². The Hall–Kier alpha value is -0.870. The lowest BCUT2D eigenvalue weighted by molar-refractivity contribution is 0.229. The van der Waals surface area contributed by atoms with Gasteiger partial charge in [-0.1, -0.05) is 0 Å². The molecule has 1 aromatic rings. The highest BCUT2D eigenvalue weighted by molar-refractivity contribution is 5.00. The van der Waals surface area contributed by atoms with Crippen LogP contribution in [0.1, 0.15) is 32.9 Å². The van der Waals surface area contributed by atoms with Crippen LogP contribution in [0.5, 0.6) is 0 Å². The summed E-state index contributed by atoms with van der Waals surface area (Å²) in [5.41, 5.74) is 1.15. The molecule has 0 atom stereocenters. The first-order chi connectivity index (χ1) is 7.09. The van der Waals surface area contributed by atoms with Crippen molar-refractivity contribution in [3.8, 4) is 0 Å². The summed E-state index contributed by atoms with van der Waals surface area (Å²) in [6, 6.07) is 2.02. The maximum absolute atomic E-state index is 8.90. The first-order valence-electron chi connectivity index (χ1n) is 5.45. The molecule has 0 aliphatic carbocycles. The molecule has 1 heterocycles. The number of nitrogens with zero attached hydrogens (tertiary/aromatic N) is 2. The number of aromatic nitrogens is 2. The third-order valence-corrected chi connectivity index (χ3v) is 2.59. The van der Waals surface area contributed by atoms with Crippen LogP contribution in [-0.4, -0.2) is 27.0 Å². The van der Waals surface area contributed by atoms with E-state index in [1.54, 1.807) is 0 Å². The molecule has 0 aliphatic rings. The van der Waals surface area contributed by atoms with Crippen molar-refractivity contribution in [2.24, 2.45) is 0 Å². The van der Waals surface area contributed by atoms with E-state index in [4.69, 9.17) is 5.11 Å². The third kappa shape index (κ3) is 3.64. The van der Waals surface area contributed by atoms with E-state index < -0.39 is 0 Å². The summed E-state index contributed by atoms with van der Waals surface area (Å²) in [5, 5.41) is 16.5. The summed E-state index contributed by atoms with van der Waals surface area (Å²) in [6.07, 6.45) is 2.58. The Morgan fingerprint density at radius 1 is 1.53 bits per heavy atom. The van der Waals surface area contributed by atoms with E-state index in [1.807, 2.05) is 16.9 Å². The third-order valence-electron chi connectivity index (χ3n) is 2.59. The number of nitrogens with one attached hydrogen (secondary N) is 1. The van der Waals surface area contributed by atoms with Gasteiger partial charge in [-0.3, -0.25) is 4.68 Å². The van der Waals surface area contributed by atoms with E-state index in [-0.39, 0.29) is 12.1 Å². The molecule has 0 saturated heterocycles. The molecule has 1 rings (SSSR count). The molecule has 0 radical (unpaired) electrons. The van der Waals surface area contributed by atoms with Crippen LogP contribution in [0.4, 0.5) is 0 Å². The normalized spacial score (nSPS) is 12.0. The Bertz CT molecular complexity index is 294. The second-order valence-corrected chi connectivity index (χ2v) is 4.35. The number of hydrogen-bond donors (Lipinski definition) is 2. The SMILES string of the molecule is CCn1nccc1CNC(C)(C)CCO. The van der Waals surface area contributed by atoms with E-state index in [0.29, 0.717) is 0 Å². The highest BCUT2D eigenvalue weighted by atomic mass is 16.3. The molecule has 0 unspecified atom stereocenters. The molecule has 0 bridgehead atoms. The topological polar surface area (TPSA) is 50.1 Å². The lowest BCUT2D eigenvalue weighted by Crippen LogP contribution is -2.39. The van der Waals surface area contributed by atoms with Crippen LogP contribution in [0, 0.1) is 0 Å². The van der Waals surface area contributed by atoms with Crippen LogP contribution in [-0.2, 0) is 13.1 Å². The van der Waals surface area contributed by atoms with Crippen molar-refractivity contribution in [3.63, 3.8) is 0 Å². The molecular weight excluding hydrogens is 190 g/mol. The zero-order chi connectivity index (χ0) is 11.3. The minimum Gasteiger partial charge on any atom is -0.396 e. The van der Waals surface area contributed by atoms with Gasteiger partial charge in [0.25, 0.3) is 0 Å². The number of aliphatic hydroxyl groups is 1. The molecule has 1 aromatic heterocycles. The maximum Gasteiger partial charge on any atom is 0.0522 e. The van der Waals surface area contributed by atoms with E-state index in [9.17, 15) is 0 Å². The second kappa shape index (κ2) is 5.28. The molecule has 0 amide bonds.